The van der Waals surface area contributed by atoms with Gasteiger partial charge in [-0.05, 0) is 6.07 Å². The molecule has 2 aromatic rings. The second-order valence-electron chi connectivity index (χ2n) is 3.77. The normalized spacial score (nSPS) is 12.1. The van der Waals surface area contributed by atoms with Crippen LogP contribution in [0.3, 0.4) is 0 Å². The Kier molecular flexibility index (Phi) is 4.42. The van der Waals surface area contributed by atoms with E-state index in [2.05, 4.69) is 25.3 Å². The highest BCUT2D eigenvalue weighted by Crippen LogP contribution is 2.13. The van der Waals surface area contributed by atoms with E-state index in [4.69, 9.17) is 4.74 Å². The Labute approximate surface area is 113 Å². The number of aromatic nitrogens is 4. The third-order valence-electron chi connectivity index (χ3n) is 2.45. The van der Waals surface area contributed by atoms with Gasteiger partial charge >= 0.3 is 6.03 Å². The van der Waals surface area contributed by atoms with Crippen LogP contribution in [0.5, 0.6) is 0 Å². The van der Waals surface area contributed by atoms with E-state index in [0.29, 0.717) is 11.6 Å². The molecular formula is C10H14N6O2S. The molecule has 0 saturated heterocycles. The molecule has 1 atom stereocenters. The number of urea groups is 1. The lowest BCUT2D eigenvalue weighted by Crippen LogP contribution is -2.35. The second-order valence-corrected chi connectivity index (χ2v) is 4.55. The van der Waals surface area contributed by atoms with Crippen LogP contribution < -0.4 is 10.6 Å². The summed E-state index contributed by atoms with van der Waals surface area (Å²) in [5, 5.41) is 13.8. The Morgan fingerprint density at radius 2 is 2.47 bits per heavy atom. The number of methoxy groups -OCH3 is 1. The first-order valence-electron chi connectivity index (χ1n) is 5.52. The van der Waals surface area contributed by atoms with Crippen molar-refractivity contribution in [3.63, 3.8) is 0 Å². The number of carbonyl (C=O) groups excluding carboxylic acids is 1. The number of nitrogens with zero attached hydrogens (tertiary/aromatic N) is 4. The zero-order chi connectivity index (χ0) is 13.7. The van der Waals surface area contributed by atoms with Crippen LogP contribution in [0.4, 0.5) is 9.80 Å². The van der Waals surface area contributed by atoms with Gasteiger partial charge < -0.3 is 10.1 Å². The number of rotatable bonds is 5. The highest BCUT2D eigenvalue weighted by atomic mass is 32.1. The van der Waals surface area contributed by atoms with E-state index in [1.54, 1.807) is 18.0 Å². The number of carbonyl (C=O) groups is 1. The van der Waals surface area contributed by atoms with Crippen molar-refractivity contribution in [1.82, 2.24) is 24.7 Å². The van der Waals surface area contributed by atoms with E-state index >= 15 is 0 Å². The predicted octanol–water partition coefficient (Wildman–Crippen LogP) is 0.781. The molecule has 2 amide bonds. The van der Waals surface area contributed by atoms with Crippen LogP contribution in [0.15, 0.2) is 18.5 Å². The lowest BCUT2D eigenvalue weighted by Gasteiger charge is -2.18. The van der Waals surface area contributed by atoms with Gasteiger partial charge in [0.05, 0.1) is 24.5 Å². The maximum atomic E-state index is 11.8. The van der Waals surface area contributed by atoms with Crippen molar-refractivity contribution in [3.05, 3.63) is 24.2 Å². The summed E-state index contributed by atoms with van der Waals surface area (Å²) in [5.74, 6) is 0. The van der Waals surface area contributed by atoms with Crippen LogP contribution in [0, 0.1) is 0 Å². The molecule has 102 valence electrons. The number of amides is 2. The molecule has 0 bridgehead atoms. The summed E-state index contributed by atoms with van der Waals surface area (Å²) in [6, 6.07) is 1.21. The molecule has 2 aromatic heterocycles. The number of nitrogens with one attached hydrogen (secondary N) is 2. The van der Waals surface area contributed by atoms with Gasteiger partial charge in [-0.15, -0.1) is 5.10 Å². The zero-order valence-corrected chi connectivity index (χ0v) is 11.3. The topological polar surface area (TPSA) is 94.0 Å². The molecule has 0 aliphatic heterocycles. The van der Waals surface area contributed by atoms with E-state index in [9.17, 15) is 4.79 Å². The van der Waals surface area contributed by atoms with Crippen molar-refractivity contribution in [1.29, 1.82) is 0 Å². The van der Waals surface area contributed by atoms with Crippen LogP contribution in [-0.2, 0) is 11.8 Å². The SMILES string of the molecule is COC[C@H](NC(=O)Nc1cnns1)c1ccnn1C. The van der Waals surface area contributed by atoms with Crippen molar-refractivity contribution in [2.24, 2.45) is 7.05 Å². The molecule has 8 nitrogen and oxygen atoms in total. The summed E-state index contributed by atoms with van der Waals surface area (Å²) in [5.41, 5.74) is 0.861. The molecule has 2 heterocycles. The Morgan fingerprint density at radius 1 is 1.63 bits per heavy atom. The highest BCUT2D eigenvalue weighted by molar-refractivity contribution is 7.10. The Morgan fingerprint density at radius 3 is 3.05 bits per heavy atom. The Balaban J connectivity index is 2.01. The van der Waals surface area contributed by atoms with Gasteiger partial charge in [-0.25, -0.2) is 4.79 Å². The molecule has 2 rings (SSSR count). The number of hydrogen-bond donors (Lipinski definition) is 2. The third kappa shape index (κ3) is 3.48. The first-order valence-corrected chi connectivity index (χ1v) is 6.29. The summed E-state index contributed by atoms with van der Waals surface area (Å²) < 4.78 is 10.5. The minimum Gasteiger partial charge on any atom is -0.382 e. The number of ether oxygens (including phenoxy) is 1. The first-order chi connectivity index (χ1) is 9.20. The third-order valence-corrected chi connectivity index (χ3v) is 3.03. The molecule has 9 heteroatoms. The summed E-state index contributed by atoms with van der Waals surface area (Å²) in [6.07, 6.45) is 3.16. The van der Waals surface area contributed by atoms with Gasteiger partial charge in [0.1, 0.15) is 5.00 Å². The van der Waals surface area contributed by atoms with Gasteiger partial charge in [0.25, 0.3) is 0 Å². The lowest BCUT2D eigenvalue weighted by atomic mass is 10.2. The minimum atomic E-state index is -0.339. The van der Waals surface area contributed by atoms with Crippen LogP contribution >= 0.6 is 11.5 Å². The Hall–Kier alpha value is -2.00. The van der Waals surface area contributed by atoms with Gasteiger partial charge in [-0.1, -0.05) is 4.49 Å². The summed E-state index contributed by atoms with van der Waals surface area (Å²) >= 11 is 1.11. The molecule has 2 N–H and O–H groups in total. The molecule has 0 saturated carbocycles. The van der Waals surface area contributed by atoms with Gasteiger partial charge in [-0.3, -0.25) is 10.00 Å². The zero-order valence-electron chi connectivity index (χ0n) is 10.5. The molecule has 0 aromatic carbocycles. The molecule has 0 radical (unpaired) electrons. The standard InChI is InChI=1S/C10H14N6O2S/c1-16-8(3-4-12-16)7(6-18-2)13-10(17)14-9-5-11-15-19-9/h3-5,7H,6H2,1-2H3,(H2,13,14,17)/t7-/m0/s1. The van der Waals surface area contributed by atoms with Crippen LogP contribution in [0.25, 0.3) is 0 Å². The van der Waals surface area contributed by atoms with Gasteiger partial charge in [0.2, 0.25) is 0 Å². The van der Waals surface area contributed by atoms with Crippen LogP contribution in [-0.4, -0.2) is 39.1 Å². The van der Waals surface area contributed by atoms with Crippen LogP contribution in [0.2, 0.25) is 0 Å². The average molecular weight is 282 g/mol. The molecule has 19 heavy (non-hydrogen) atoms. The fourth-order valence-electron chi connectivity index (χ4n) is 1.62. The maximum absolute atomic E-state index is 11.8. The molecular weight excluding hydrogens is 268 g/mol. The smallest absolute Gasteiger partial charge is 0.320 e. The molecule has 0 fully saturated rings. The summed E-state index contributed by atoms with van der Waals surface area (Å²) in [4.78, 5) is 11.8. The fourth-order valence-corrected chi connectivity index (χ4v) is 2.04. The quantitative estimate of drug-likeness (QED) is 0.845. The van der Waals surface area contributed by atoms with Crippen molar-refractivity contribution < 1.29 is 9.53 Å². The van der Waals surface area contributed by atoms with E-state index in [-0.39, 0.29) is 12.1 Å². The van der Waals surface area contributed by atoms with Gasteiger partial charge in [0.15, 0.2) is 0 Å². The molecule has 0 spiro atoms. The second kappa shape index (κ2) is 6.25. The van der Waals surface area contributed by atoms with E-state index < -0.39 is 0 Å². The summed E-state index contributed by atoms with van der Waals surface area (Å²) in [7, 11) is 3.39. The molecule has 0 unspecified atom stereocenters. The van der Waals surface area contributed by atoms with E-state index in [1.165, 1.54) is 6.20 Å². The van der Waals surface area contributed by atoms with E-state index in [1.807, 2.05) is 13.1 Å². The highest BCUT2D eigenvalue weighted by Gasteiger charge is 2.17. The number of aryl methyl sites for hydroxylation is 1. The van der Waals surface area contributed by atoms with Crippen molar-refractivity contribution in [3.8, 4) is 0 Å². The van der Waals surface area contributed by atoms with Gasteiger partial charge in [-0.2, -0.15) is 5.10 Å². The monoisotopic (exact) mass is 282 g/mol. The lowest BCUT2D eigenvalue weighted by molar-refractivity contribution is 0.165. The number of hydrogen-bond acceptors (Lipinski definition) is 6. The van der Waals surface area contributed by atoms with Crippen LogP contribution in [0.1, 0.15) is 11.7 Å². The summed E-state index contributed by atoms with van der Waals surface area (Å²) in [6.45, 7) is 0.355. The minimum absolute atomic E-state index is 0.279. The average Bonchev–Trinajstić information content (AvgIpc) is 3.00. The Bertz CT molecular complexity index is 526. The predicted molar refractivity (Wildman–Crippen MR) is 69.9 cm³/mol. The maximum Gasteiger partial charge on any atom is 0.320 e. The molecule has 0 aliphatic rings. The largest absolute Gasteiger partial charge is 0.382 e. The van der Waals surface area contributed by atoms with Gasteiger partial charge in [0, 0.05) is 31.9 Å². The number of anilines is 1. The van der Waals surface area contributed by atoms with Crippen molar-refractivity contribution in [2.75, 3.05) is 19.0 Å². The first kappa shape index (κ1) is 13.4. The van der Waals surface area contributed by atoms with Crippen molar-refractivity contribution in [2.45, 2.75) is 6.04 Å². The fraction of sp³-hybridized carbons (Fsp3) is 0.400. The van der Waals surface area contributed by atoms with E-state index in [0.717, 1.165) is 17.2 Å². The van der Waals surface area contributed by atoms with Crippen molar-refractivity contribution >= 4 is 22.6 Å². The molecule has 0 aliphatic carbocycles.